The molecule has 0 atom stereocenters. The molecule has 3 rings (SSSR count). The van der Waals surface area contributed by atoms with Gasteiger partial charge in [-0.2, -0.15) is 0 Å². The van der Waals surface area contributed by atoms with E-state index in [1.807, 2.05) is 12.1 Å². The summed E-state index contributed by atoms with van der Waals surface area (Å²) in [5.41, 5.74) is 5.15. The molecule has 0 radical (unpaired) electrons. The summed E-state index contributed by atoms with van der Waals surface area (Å²) >= 11 is 6.42. The highest BCUT2D eigenvalue weighted by Gasteiger charge is 2.14. The molecule has 1 N–H and O–H groups in total. The Balaban J connectivity index is 1.74. The van der Waals surface area contributed by atoms with E-state index in [1.54, 1.807) is 0 Å². The summed E-state index contributed by atoms with van der Waals surface area (Å²) in [6.45, 7) is 12.9. The molecular weight excluding hydrogens is 366 g/mol. The fourth-order valence-electron chi connectivity index (χ4n) is 3.91. The van der Waals surface area contributed by atoms with Crippen molar-refractivity contribution < 1.29 is 0 Å². The normalized spacial score (nSPS) is 11.6. The average molecular weight is 398 g/mol. The lowest BCUT2D eigenvalue weighted by Gasteiger charge is -2.17. The number of nitrogens with one attached hydrogen (secondary N) is 1. The largest absolute Gasteiger partial charge is 0.340 e. The molecular formula is C24H32ClN3. The minimum absolute atomic E-state index is 0.800. The van der Waals surface area contributed by atoms with Gasteiger partial charge >= 0.3 is 0 Å². The highest BCUT2D eigenvalue weighted by molar-refractivity contribution is 6.31. The van der Waals surface area contributed by atoms with Crippen LogP contribution in [0.1, 0.15) is 37.1 Å². The maximum absolute atomic E-state index is 6.42. The van der Waals surface area contributed by atoms with Gasteiger partial charge in [0.25, 0.3) is 0 Å². The summed E-state index contributed by atoms with van der Waals surface area (Å²) in [4.78, 5) is 2.47. The predicted octanol–water partition coefficient (Wildman–Crippen LogP) is 5.47. The zero-order valence-electron chi connectivity index (χ0n) is 17.3. The highest BCUT2D eigenvalue weighted by atomic mass is 35.5. The van der Waals surface area contributed by atoms with Gasteiger partial charge in [-0.3, -0.25) is 0 Å². The molecule has 0 amide bonds. The standard InChI is InChI=1S/C24H32ClN3/c1-4-27(5-2)16-10-15-26-17-22-19(3)28(24-14-9-7-12-21(22)24)18-20-11-6-8-13-23(20)25/h6-9,11-14,26H,4-5,10,15-18H2,1-3H3. The molecule has 1 aromatic heterocycles. The van der Waals surface area contributed by atoms with Crippen molar-refractivity contribution >= 4 is 22.5 Å². The van der Waals surface area contributed by atoms with Crippen molar-refractivity contribution in [2.75, 3.05) is 26.2 Å². The molecule has 1 heterocycles. The summed E-state index contributed by atoms with van der Waals surface area (Å²) in [6, 6.07) is 16.8. The van der Waals surface area contributed by atoms with Gasteiger partial charge in [-0.05, 0) is 62.8 Å². The number of aromatic nitrogens is 1. The van der Waals surface area contributed by atoms with E-state index < -0.39 is 0 Å². The first-order valence-corrected chi connectivity index (χ1v) is 10.8. The van der Waals surface area contributed by atoms with Gasteiger partial charge in [0.1, 0.15) is 0 Å². The predicted molar refractivity (Wildman–Crippen MR) is 121 cm³/mol. The Bertz CT molecular complexity index is 896. The Kier molecular flexibility index (Phi) is 7.55. The minimum Gasteiger partial charge on any atom is -0.340 e. The Morgan fingerprint density at radius 3 is 2.46 bits per heavy atom. The van der Waals surface area contributed by atoms with Crippen LogP contribution >= 0.6 is 11.6 Å². The van der Waals surface area contributed by atoms with Crippen molar-refractivity contribution in [1.29, 1.82) is 0 Å². The topological polar surface area (TPSA) is 20.2 Å². The summed E-state index contributed by atoms with van der Waals surface area (Å²) < 4.78 is 2.39. The molecule has 2 aromatic carbocycles. The lowest BCUT2D eigenvalue weighted by Crippen LogP contribution is -2.27. The first-order valence-electron chi connectivity index (χ1n) is 10.4. The van der Waals surface area contributed by atoms with E-state index in [1.165, 1.54) is 28.6 Å². The number of para-hydroxylation sites is 1. The van der Waals surface area contributed by atoms with Crippen LogP contribution in [0.5, 0.6) is 0 Å². The SMILES string of the molecule is CCN(CC)CCCNCc1c(C)n(Cc2ccccc2Cl)c2ccccc12. The second-order valence-corrected chi connectivity index (χ2v) is 7.72. The maximum Gasteiger partial charge on any atom is 0.0493 e. The molecule has 0 fully saturated rings. The molecule has 3 aromatic rings. The number of rotatable bonds is 10. The number of nitrogens with zero attached hydrogens (tertiary/aromatic N) is 2. The molecule has 3 nitrogen and oxygen atoms in total. The molecule has 4 heteroatoms. The van der Waals surface area contributed by atoms with Gasteiger partial charge in [-0.25, -0.2) is 0 Å². The monoisotopic (exact) mass is 397 g/mol. The fraction of sp³-hybridized carbons (Fsp3) is 0.417. The Morgan fingerprint density at radius 1 is 1.00 bits per heavy atom. The van der Waals surface area contributed by atoms with Crippen LogP contribution in [-0.2, 0) is 13.1 Å². The van der Waals surface area contributed by atoms with Crippen molar-refractivity contribution in [2.24, 2.45) is 0 Å². The quantitative estimate of drug-likeness (QED) is 0.457. The van der Waals surface area contributed by atoms with E-state index >= 15 is 0 Å². The number of hydrogen-bond acceptors (Lipinski definition) is 2. The zero-order valence-corrected chi connectivity index (χ0v) is 18.1. The molecule has 0 saturated carbocycles. The number of fused-ring (bicyclic) bond motifs is 1. The average Bonchev–Trinajstić information content (AvgIpc) is 2.98. The van der Waals surface area contributed by atoms with Crippen molar-refractivity contribution in [3.05, 3.63) is 70.4 Å². The van der Waals surface area contributed by atoms with Crippen molar-refractivity contribution in [1.82, 2.24) is 14.8 Å². The van der Waals surface area contributed by atoms with Crippen molar-refractivity contribution in [3.8, 4) is 0 Å². The van der Waals surface area contributed by atoms with E-state index in [0.717, 1.165) is 49.9 Å². The summed E-state index contributed by atoms with van der Waals surface area (Å²) in [5, 5.41) is 5.83. The van der Waals surface area contributed by atoms with E-state index in [2.05, 4.69) is 72.0 Å². The van der Waals surface area contributed by atoms with E-state index in [4.69, 9.17) is 11.6 Å². The number of hydrogen-bond donors (Lipinski definition) is 1. The Hall–Kier alpha value is -1.81. The highest BCUT2D eigenvalue weighted by Crippen LogP contribution is 2.28. The molecule has 0 saturated heterocycles. The second-order valence-electron chi connectivity index (χ2n) is 7.32. The molecule has 150 valence electrons. The smallest absolute Gasteiger partial charge is 0.0493 e. The lowest BCUT2D eigenvalue weighted by molar-refractivity contribution is 0.298. The van der Waals surface area contributed by atoms with Crippen LogP contribution in [0, 0.1) is 6.92 Å². The van der Waals surface area contributed by atoms with E-state index in [9.17, 15) is 0 Å². The van der Waals surface area contributed by atoms with Gasteiger partial charge in [-0.1, -0.05) is 61.8 Å². The van der Waals surface area contributed by atoms with Crippen LogP contribution in [-0.4, -0.2) is 35.6 Å². The van der Waals surface area contributed by atoms with Gasteiger partial charge in [-0.15, -0.1) is 0 Å². The van der Waals surface area contributed by atoms with Gasteiger partial charge < -0.3 is 14.8 Å². The molecule has 0 aliphatic carbocycles. The second kappa shape index (κ2) is 10.1. The van der Waals surface area contributed by atoms with Crippen LogP contribution in [0.3, 0.4) is 0 Å². The van der Waals surface area contributed by atoms with Crippen LogP contribution in [0.2, 0.25) is 5.02 Å². The minimum atomic E-state index is 0.800. The first-order chi connectivity index (χ1) is 13.7. The van der Waals surface area contributed by atoms with Gasteiger partial charge in [0, 0.05) is 34.7 Å². The number of halogens is 1. The molecule has 0 bridgehead atoms. The summed E-state index contributed by atoms with van der Waals surface area (Å²) in [6.07, 6.45) is 1.18. The van der Waals surface area contributed by atoms with E-state index in [0.29, 0.717) is 0 Å². The summed E-state index contributed by atoms with van der Waals surface area (Å²) in [5.74, 6) is 0. The van der Waals surface area contributed by atoms with Crippen LogP contribution < -0.4 is 5.32 Å². The van der Waals surface area contributed by atoms with Gasteiger partial charge in [0.2, 0.25) is 0 Å². The fourth-order valence-corrected chi connectivity index (χ4v) is 4.10. The van der Waals surface area contributed by atoms with Crippen molar-refractivity contribution in [2.45, 2.75) is 40.3 Å². The first kappa shape index (κ1) is 20.9. The molecule has 0 aliphatic heterocycles. The van der Waals surface area contributed by atoms with Gasteiger partial charge in [0.05, 0.1) is 0 Å². The van der Waals surface area contributed by atoms with Crippen LogP contribution in [0.25, 0.3) is 10.9 Å². The van der Waals surface area contributed by atoms with Gasteiger partial charge in [0.15, 0.2) is 0 Å². The van der Waals surface area contributed by atoms with Crippen molar-refractivity contribution in [3.63, 3.8) is 0 Å². The number of benzene rings is 2. The van der Waals surface area contributed by atoms with E-state index in [-0.39, 0.29) is 0 Å². The Labute approximate surface area is 174 Å². The summed E-state index contributed by atoms with van der Waals surface area (Å²) in [7, 11) is 0. The third-order valence-corrected chi connectivity index (χ3v) is 6.04. The molecule has 0 aliphatic rings. The maximum atomic E-state index is 6.42. The Morgan fingerprint density at radius 2 is 1.71 bits per heavy atom. The third-order valence-electron chi connectivity index (χ3n) is 5.67. The lowest BCUT2D eigenvalue weighted by atomic mass is 10.1. The molecule has 0 unspecified atom stereocenters. The molecule has 0 spiro atoms. The van der Waals surface area contributed by atoms with Crippen LogP contribution in [0.4, 0.5) is 0 Å². The zero-order chi connectivity index (χ0) is 19.9. The third kappa shape index (κ3) is 4.78. The van der Waals surface area contributed by atoms with Crippen LogP contribution in [0.15, 0.2) is 48.5 Å². The molecule has 28 heavy (non-hydrogen) atoms.